The van der Waals surface area contributed by atoms with Gasteiger partial charge in [-0.2, -0.15) is 0 Å². The van der Waals surface area contributed by atoms with E-state index in [0.29, 0.717) is 18.7 Å². The Bertz CT molecular complexity index is 774. The van der Waals surface area contributed by atoms with E-state index in [0.717, 1.165) is 13.5 Å². The first-order chi connectivity index (χ1) is 13.0. The largest absolute Gasteiger partial charge is 0.444 e. The topological polar surface area (TPSA) is 75.5 Å². The standard InChI is InChI=1S/C14H19BrN2O3.C5H3Br2N/c1-13(2,3)20-12(18)17-7-6-14(19,9-17)11-5-4-10(15)8-16-11;6-4-1-2-5(7)8-3-4/h4-5,8,19H,6-7,9H2,1-3H3;1-3H. The molecule has 28 heavy (non-hydrogen) atoms. The number of carbonyl (C=O) groups excluding carboxylic acids is 1. The number of carbonyl (C=O) groups is 1. The summed E-state index contributed by atoms with van der Waals surface area (Å²) in [4.78, 5) is 21.7. The van der Waals surface area contributed by atoms with E-state index in [-0.39, 0.29) is 6.54 Å². The van der Waals surface area contributed by atoms with Crippen LogP contribution in [0, 0.1) is 0 Å². The quantitative estimate of drug-likeness (QED) is 0.465. The summed E-state index contributed by atoms with van der Waals surface area (Å²) in [7, 11) is 0. The van der Waals surface area contributed by atoms with Crippen molar-refractivity contribution in [1.82, 2.24) is 14.9 Å². The minimum Gasteiger partial charge on any atom is -0.444 e. The number of rotatable bonds is 1. The monoisotopic (exact) mass is 577 g/mol. The van der Waals surface area contributed by atoms with Crippen molar-refractivity contribution in [2.75, 3.05) is 13.1 Å². The van der Waals surface area contributed by atoms with Crippen molar-refractivity contribution in [2.24, 2.45) is 0 Å². The van der Waals surface area contributed by atoms with Crippen LogP contribution in [0.15, 0.2) is 50.2 Å². The van der Waals surface area contributed by atoms with E-state index >= 15 is 0 Å². The van der Waals surface area contributed by atoms with Crippen molar-refractivity contribution in [2.45, 2.75) is 38.4 Å². The zero-order valence-electron chi connectivity index (χ0n) is 15.8. The molecule has 0 bridgehead atoms. The molecular weight excluding hydrogens is 558 g/mol. The van der Waals surface area contributed by atoms with Gasteiger partial charge in [0.25, 0.3) is 0 Å². The van der Waals surface area contributed by atoms with Crippen LogP contribution in [0.3, 0.4) is 0 Å². The third-order valence-electron chi connectivity index (χ3n) is 3.79. The van der Waals surface area contributed by atoms with Crippen LogP contribution >= 0.6 is 47.8 Å². The number of ether oxygens (including phenoxy) is 1. The van der Waals surface area contributed by atoms with E-state index in [1.165, 1.54) is 4.90 Å². The fraction of sp³-hybridized carbons (Fsp3) is 0.421. The molecule has 1 N–H and O–H groups in total. The van der Waals surface area contributed by atoms with Crippen LogP contribution in [0.25, 0.3) is 0 Å². The molecule has 3 heterocycles. The summed E-state index contributed by atoms with van der Waals surface area (Å²) in [5.74, 6) is 0. The summed E-state index contributed by atoms with van der Waals surface area (Å²) in [5, 5.41) is 10.6. The number of β-amino-alcohol motifs (C(OH)–C–C–N with tert-alkyl or cyclic N) is 1. The Morgan fingerprint density at radius 2 is 1.71 bits per heavy atom. The zero-order valence-corrected chi connectivity index (χ0v) is 20.6. The second-order valence-electron chi connectivity index (χ2n) is 7.34. The van der Waals surface area contributed by atoms with Crippen LogP contribution in [0.1, 0.15) is 32.9 Å². The molecule has 152 valence electrons. The lowest BCUT2D eigenvalue weighted by molar-refractivity contribution is 0.0126. The SMILES string of the molecule is Brc1ccc(Br)nc1.CC(C)(C)OC(=O)N1CCC(O)(c2ccc(Br)cn2)C1. The normalized spacial score (nSPS) is 19.0. The molecule has 9 heteroatoms. The van der Waals surface area contributed by atoms with Crippen LogP contribution in [0.4, 0.5) is 4.79 Å². The highest BCUT2D eigenvalue weighted by Gasteiger charge is 2.42. The number of nitrogens with zero attached hydrogens (tertiary/aromatic N) is 3. The second kappa shape index (κ2) is 9.65. The summed E-state index contributed by atoms with van der Waals surface area (Å²) in [5.41, 5.74) is -1.06. The molecule has 1 amide bonds. The molecular formula is C19H22Br3N3O3. The first-order valence-electron chi connectivity index (χ1n) is 8.58. The maximum absolute atomic E-state index is 12.0. The molecule has 0 spiro atoms. The fourth-order valence-corrected chi connectivity index (χ4v) is 3.20. The van der Waals surface area contributed by atoms with Crippen molar-refractivity contribution in [3.05, 3.63) is 55.9 Å². The van der Waals surface area contributed by atoms with Crippen LogP contribution < -0.4 is 0 Å². The molecule has 1 aliphatic heterocycles. The van der Waals surface area contributed by atoms with Gasteiger partial charge in [0.2, 0.25) is 0 Å². The third kappa shape index (κ3) is 7.09. The van der Waals surface area contributed by atoms with E-state index in [1.54, 1.807) is 18.5 Å². The van der Waals surface area contributed by atoms with Crippen molar-refractivity contribution in [3.8, 4) is 0 Å². The summed E-state index contributed by atoms with van der Waals surface area (Å²) in [6.07, 6.45) is 3.44. The average Bonchev–Trinajstić information content (AvgIpc) is 3.01. The summed E-state index contributed by atoms with van der Waals surface area (Å²) >= 11 is 9.79. The van der Waals surface area contributed by atoms with Gasteiger partial charge in [-0.15, -0.1) is 0 Å². The molecule has 1 fully saturated rings. The number of halogens is 3. The van der Waals surface area contributed by atoms with Gasteiger partial charge in [0, 0.05) is 34.3 Å². The van der Waals surface area contributed by atoms with E-state index < -0.39 is 17.3 Å². The van der Waals surface area contributed by atoms with Gasteiger partial charge in [0.05, 0.1) is 12.2 Å². The summed E-state index contributed by atoms with van der Waals surface area (Å²) in [6.45, 7) is 6.13. The Morgan fingerprint density at radius 1 is 1.11 bits per heavy atom. The number of likely N-dealkylation sites (tertiary alicyclic amines) is 1. The van der Waals surface area contributed by atoms with Crippen LogP contribution in [0.2, 0.25) is 0 Å². The molecule has 0 saturated carbocycles. The van der Waals surface area contributed by atoms with Gasteiger partial charge in [0.1, 0.15) is 15.8 Å². The summed E-state index contributed by atoms with van der Waals surface area (Å²) < 4.78 is 8.03. The lowest BCUT2D eigenvalue weighted by Gasteiger charge is -2.26. The van der Waals surface area contributed by atoms with E-state index in [1.807, 2.05) is 39.0 Å². The number of amides is 1. The van der Waals surface area contributed by atoms with Crippen molar-refractivity contribution in [3.63, 3.8) is 0 Å². The van der Waals surface area contributed by atoms with Gasteiger partial charge in [-0.05, 0) is 92.8 Å². The molecule has 1 aliphatic rings. The van der Waals surface area contributed by atoms with Crippen LogP contribution in [0.5, 0.6) is 0 Å². The molecule has 1 saturated heterocycles. The Hall–Kier alpha value is -1.03. The molecule has 6 nitrogen and oxygen atoms in total. The molecule has 0 aromatic carbocycles. The molecule has 2 aromatic heterocycles. The first kappa shape index (κ1) is 23.3. The third-order valence-corrected chi connectivity index (χ3v) is 5.20. The molecule has 1 unspecified atom stereocenters. The lowest BCUT2D eigenvalue weighted by Crippen LogP contribution is -2.38. The summed E-state index contributed by atoms with van der Waals surface area (Å²) in [6, 6.07) is 7.40. The smallest absolute Gasteiger partial charge is 0.410 e. The van der Waals surface area contributed by atoms with Gasteiger partial charge >= 0.3 is 6.09 Å². The maximum Gasteiger partial charge on any atom is 0.410 e. The number of hydrogen-bond donors (Lipinski definition) is 1. The second-order valence-corrected chi connectivity index (χ2v) is 9.99. The Labute approximate surface area is 190 Å². The number of aliphatic hydroxyl groups is 1. The van der Waals surface area contributed by atoms with E-state index in [9.17, 15) is 9.90 Å². The predicted molar refractivity (Wildman–Crippen MR) is 118 cm³/mol. The molecule has 2 aromatic rings. The molecule has 1 atom stereocenters. The zero-order chi connectivity index (χ0) is 20.9. The lowest BCUT2D eigenvalue weighted by atomic mass is 9.98. The van der Waals surface area contributed by atoms with Crippen molar-refractivity contribution >= 4 is 53.9 Å². The van der Waals surface area contributed by atoms with Gasteiger partial charge in [0.15, 0.2) is 0 Å². The highest BCUT2D eigenvalue weighted by Crippen LogP contribution is 2.31. The van der Waals surface area contributed by atoms with E-state index in [4.69, 9.17) is 4.74 Å². The van der Waals surface area contributed by atoms with E-state index in [2.05, 4.69) is 57.8 Å². The van der Waals surface area contributed by atoms with Gasteiger partial charge in [-0.25, -0.2) is 9.78 Å². The fourth-order valence-electron chi connectivity index (χ4n) is 2.49. The van der Waals surface area contributed by atoms with Gasteiger partial charge < -0.3 is 14.7 Å². The number of hydrogen-bond acceptors (Lipinski definition) is 5. The average molecular weight is 580 g/mol. The number of aromatic nitrogens is 2. The predicted octanol–water partition coefficient (Wildman–Crippen LogP) is 5.28. The number of pyridine rings is 2. The van der Waals surface area contributed by atoms with Crippen LogP contribution in [-0.2, 0) is 10.3 Å². The highest BCUT2D eigenvalue weighted by molar-refractivity contribution is 9.11. The van der Waals surface area contributed by atoms with Crippen molar-refractivity contribution in [1.29, 1.82) is 0 Å². The Kier molecular flexibility index (Phi) is 8.01. The van der Waals surface area contributed by atoms with Gasteiger partial charge in [-0.3, -0.25) is 4.98 Å². The minimum atomic E-state index is -1.10. The minimum absolute atomic E-state index is 0.205. The Balaban J connectivity index is 0.000000292. The maximum atomic E-state index is 12.0. The first-order valence-corrected chi connectivity index (χ1v) is 11.0. The molecule has 0 radical (unpaired) electrons. The van der Waals surface area contributed by atoms with Crippen molar-refractivity contribution < 1.29 is 14.6 Å². The van der Waals surface area contributed by atoms with Crippen LogP contribution in [-0.4, -0.2) is 44.8 Å². The van der Waals surface area contributed by atoms with Gasteiger partial charge in [-0.1, -0.05) is 0 Å². The highest BCUT2D eigenvalue weighted by atomic mass is 79.9. The molecule has 3 rings (SSSR count). The Morgan fingerprint density at radius 3 is 2.18 bits per heavy atom. The molecule has 0 aliphatic carbocycles.